The van der Waals surface area contributed by atoms with Gasteiger partial charge in [0.25, 0.3) is 0 Å². The highest BCUT2D eigenvalue weighted by atomic mass is 19.1. The Morgan fingerprint density at radius 2 is 2.00 bits per heavy atom. The van der Waals surface area contributed by atoms with Gasteiger partial charge in [-0.1, -0.05) is 30.3 Å². The third-order valence-corrected chi connectivity index (χ3v) is 6.67. The van der Waals surface area contributed by atoms with Crippen LogP contribution < -0.4 is 21.8 Å². The van der Waals surface area contributed by atoms with Crippen molar-refractivity contribution in [3.8, 4) is 0 Å². The summed E-state index contributed by atoms with van der Waals surface area (Å²) in [4.78, 5) is 25.8. The molecule has 178 valence electrons. The maximum Gasteiger partial charge on any atom is 0.407 e. The third kappa shape index (κ3) is 4.49. The molecule has 2 heterocycles. The number of nitrogens with two attached hydrogens (primary N) is 1. The smallest absolute Gasteiger partial charge is 0.407 e. The van der Waals surface area contributed by atoms with Crippen molar-refractivity contribution in [2.75, 3.05) is 11.9 Å². The number of nitrogens with zero attached hydrogens (tertiary/aromatic N) is 1. The Bertz CT molecular complexity index is 1120. The molecule has 2 aliphatic heterocycles. The minimum Gasteiger partial charge on any atom is -0.445 e. The Kier molecular flexibility index (Phi) is 6.21. The van der Waals surface area contributed by atoms with Gasteiger partial charge >= 0.3 is 6.09 Å². The zero-order valence-corrected chi connectivity index (χ0v) is 18.7. The Balaban J connectivity index is 1.24. The SMILES string of the molecule is NC1NN(C(=O)C2CCNc3ccc(F)cc32)C2=C1C[C@H](NC(=O)OCc1ccccc1)CC2. The Labute approximate surface area is 197 Å². The van der Waals surface area contributed by atoms with Crippen molar-refractivity contribution in [2.45, 2.75) is 50.4 Å². The van der Waals surface area contributed by atoms with E-state index in [9.17, 15) is 14.0 Å². The topological polar surface area (TPSA) is 109 Å². The molecule has 0 saturated carbocycles. The number of hydrogen-bond acceptors (Lipinski definition) is 6. The number of hydrazine groups is 1. The molecule has 3 aliphatic rings. The number of amides is 2. The lowest BCUT2D eigenvalue weighted by atomic mass is 9.88. The number of carbonyl (C=O) groups is 2. The van der Waals surface area contributed by atoms with E-state index >= 15 is 0 Å². The van der Waals surface area contributed by atoms with E-state index in [-0.39, 0.29) is 24.4 Å². The highest BCUT2D eigenvalue weighted by Crippen LogP contribution is 2.38. The first-order chi connectivity index (χ1) is 16.5. The fourth-order valence-corrected chi connectivity index (χ4v) is 4.97. The van der Waals surface area contributed by atoms with E-state index in [1.165, 1.54) is 12.1 Å². The zero-order valence-electron chi connectivity index (χ0n) is 18.7. The normalized spacial score (nSPS) is 23.6. The van der Waals surface area contributed by atoms with Crippen LogP contribution in [0.15, 0.2) is 59.8 Å². The molecule has 8 nitrogen and oxygen atoms in total. The van der Waals surface area contributed by atoms with Crippen LogP contribution >= 0.6 is 0 Å². The molecule has 0 bridgehead atoms. The van der Waals surface area contributed by atoms with Crippen molar-refractivity contribution in [1.29, 1.82) is 0 Å². The average Bonchev–Trinajstić information content (AvgIpc) is 3.18. The van der Waals surface area contributed by atoms with Gasteiger partial charge in [-0.25, -0.2) is 19.6 Å². The number of nitrogens with one attached hydrogen (secondary N) is 3. The molecule has 3 atom stereocenters. The molecule has 0 fully saturated rings. The van der Waals surface area contributed by atoms with E-state index in [1.54, 1.807) is 11.1 Å². The lowest BCUT2D eigenvalue weighted by Gasteiger charge is -2.31. The first-order valence-corrected chi connectivity index (χ1v) is 11.6. The van der Waals surface area contributed by atoms with Crippen molar-refractivity contribution < 1.29 is 18.7 Å². The van der Waals surface area contributed by atoms with Gasteiger partial charge in [0, 0.05) is 24.0 Å². The predicted octanol–water partition coefficient (Wildman–Crippen LogP) is 3.09. The molecule has 2 aromatic carbocycles. The number of allylic oxidation sites excluding steroid dienone is 1. The first-order valence-electron chi connectivity index (χ1n) is 11.6. The molecule has 1 aliphatic carbocycles. The Hall–Kier alpha value is -3.43. The second-order valence-corrected chi connectivity index (χ2v) is 8.90. The number of carbonyl (C=O) groups excluding carboxylic acids is 2. The zero-order chi connectivity index (χ0) is 23.7. The van der Waals surface area contributed by atoms with Gasteiger partial charge in [-0.2, -0.15) is 0 Å². The number of halogens is 1. The first kappa shape index (κ1) is 22.4. The summed E-state index contributed by atoms with van der Waals surface area (Å²) in [7, 11) is 0. The van der Waals surface area contributed by atoms with E-state index in [0.717, 1.165) is 22.5 Å². The Morgan fingerprint density at radius 3 is 2.82 bits per heavy atom. The second kappa shape index (κ2) is 9.44. The van der Waals surface area contributed by atoms with Gasteiger partial charge in [0.05, 0.1) is 12.1 Å². The van der Waals surface area contributed by atoms with Crippen molar-refractivity contribution >= 4 is 17.7 Å². The molecule has 2 amide bonds. The molecule has 5 rings (SSSR count). The van der Waals surface area contributed by atoms with Crippen LogP contribution in [-0.2, 0) is 16.1 Å². The summed E-state index contributed by atoms with van der Waals surface area (Å²) in [5.74, 6) is -0.957. The average molecular weight is 466 g/mol. The van der Waals surface area contributed by atoms with E-state index in [0.29, 0.717) is 37.8 Å². The predicted molar refractivity (Wildman–Crippen MR) is 125 cm³/mol. The number of alkyl carbamates (subject to hydrolysis) is 1. The van der Waals surface area contributed by atoms with Crippen LogP contribution in [0.5, 0.6) is 0 Å². The van der Waals surface area contributed by atoms with Crippen molar-refractivity contribution in [1.82, 2.24) is 15.8 Å². The Morgan fingerprint density at radius 1 is 1.18 bits per heavy atom. The summed E-state index contributed by atoms with van der Waals surface area (Å²) in [5, 5.41) is 7.70. The summed E-state index contributed by atoms with van der Waals surface area (Å²) >= 11 is 0. The van der Waals surface area contributed by atoms with Gasteiger partial charge in [-0.05, 0) is 60.6 Å². The molecule has 34 heavy (non-hydrogen) atoms. The maximum absolute atomic E-state index is 13.9. The number of fused-ring (bicyclic) bond motifs is 1. The second-order valence-electron chi connectivity index (χ2n) is 8.90. The molecular formula is C25H28FN5O3. The van der Waals surface area contributed by atoms with Gasteiger partial charge < -0.3 is 21.1 Å². The van der Waals surface area contributed by atoms with Crippen LogP contribution in [0.25, 0.3) is 0 Å². The van der Waals surface area contributed by atoms with Crippen molar-refractivity contribution in [2.24, 2.45) is 5.73 Å². The van der Waals surface area contributed by atoms with Gasteiger partial charge in [0.2, 0.25) is 5.91 Å². The lowest BCUT2D eigenvalue weighted by molar-refractivity contribution is -0.133. The number of ether oxygens (including phenoxy) is 1. The minimum atomic E-state index is -0.516. The molecule has 0 spiro atoms. The summed E-state index contributed by atoms with van der Waals surface area (Å²) in [6.45, 7) is 0.840. The van der Waals surface area contributed by atoms with Crippen LogP contribution in [-0.4, -0.2) is 35.8 Å². The van der Waals surface area contributed by atoms with E-state index in [4.69, 9.17) is 10.5 Å². The fourth-order valence-electron chi connectivity index (χ4n) is 4.97. The van der Waals surface area contributed by atoms with Gasteiger partial charge in [-0.3, -0.25) is 4.79 Å². The van der Waals surface area contributed by atoms with Crippen molar-refractivity contribution in [3.05, 3.63) is 76.7 Å². The summed E-state index contributed by atoms with van der Waals surface area (Å²) in [6, 6.07) is 13.9. The molecule has 2 aromatic rings. The molecule has 0 saturated heterocycles. The van der Waals surface area contributed by atoms with Gasteiger partial charge in [0.15, 0.2) is 0 Å². The van der Waals surface area contributed by atoms with Crippen LogP contribution in [0.3, 0.4) is 0 Å². The number of anilines is 1. The number of benzene rings is 2. The van der Waals surface area contributed by atoms with Gasteiger partial charge in [0.1, 0.15) is 12.4 Å². The summed E-state index contributed by atoms with van der Waals surface area (Å²) in [5.41, 5.74) is 13.5. The van der Waals surface area contributed by atoms with Gasteiger partial charge in [-0.15, -0.1) is 0 Å². The maximum atomic E-state index is 13.9. The molecular weight excluding hydrogens is 437 g/mol. The highest BCUT2D eigenvalue weighted by Gasteiger charge is 2.40. The number of hydrogen-bond donors (Lipinski definition) is 4. The third-order valence-electron chi connectivity index (χ3n) is 6.67. The molecule has 9 heteroatoms. The van der Waals surface area contributed by atoms with E-state index < -0.39 is 18.2 Å². The van der Waals surface area contributed by atoms with Crippen LogP contribution in [0.2, 0.25) is 0 Å². The minimum absolute atomic E-state index is 0.126. The van der Waals surface area contributed by atoms with Crippen LogP contribution in [0.4, 0.5) is 14.9 Å². The quantitative estimate of drug-likeness (QED) is 0.553. The largest absolute Gasteiger partial charge is 0.445 e. The lowest BCUT2D eigenvalue weighted by Crippen LogP contribution is -2.47. The highest BCUT2D eigenvalue weighted by molar-refractivity contribution is 5.88. The molecule has 5 N–H and O–H groups in total. The standard InChI is InChI=1S/C25H28FN5O3/c26-16-6-8-21-19(12-16)18(10-11-28-21)24(32)31-22-9-7-17(13-20(22)23(27)30-31)29-25(33)34-14-15-4-2-1-3-5-15/h1-6,8,12,17-18,23,28,30H,7,9-11,13-14,27H2,(H,29,33)/t17-,18?,23?/m1/s1. The molecule has 0 aromatic heterocycles. The molecule has 2 unspecified atom stereocenters. The monoisotopic (exact) mass is 465 g/mol. The number of rotatable bonds is 4. The van der Waals surface area contributed by atoms with E-state index in [2.05, 4.69) is 16.1 Å². The summed E-state index contributed by atoms with van der Waals surface area (Å²) < 4.78 is 19.2. The van der Waals surface area contributed by atoms with E-state index in [1.807, 2.05) is 30.3 Å². The summed E-state index contributed by atoms with van der Waals surface area (Å²) in [6.07, 6.45) is 1.37. The van der Waals surface area contributed by atoms with Crippen LogP contribution in [0.1, 0.15) is 42.7 Å². The fraction of sp³-hybridized carbons (Fsp3) is 0.360. The molecule has 0 radical (unpaired) electrons. The van der Waals surface area contributed by atoms with Crippen molar-refractivity contribution in [3.63, 3.8) is 0 Å². The van der Waals surface area contributed by atoms with Crippen LogP contribution in [0, 0.1) is 5.82 Å².